The topological polar surface area (TPSA) is 112 Å². The highest BCUT2D eigenvalue weighted by atomic mass is 35.5. The molecule has 0 atom stereocenters. The van der Waals surface area contributed by atoms with Gasteiger partial charge in [0, 0.05) is 17.0 Å². The van der Waals surface area contributed by atoms with Crippen LogP contribution in [-0.2, 0) is 9.59 Å². The molecule has 8 heteroatoms. The summed E-state index contributed by atoms with van der Waals surface area (Å²) in [5.41, 5.74) is 2.57. The fourth-order valence-electron chi connectivity index (χ4n) is 2.64. The van der Waals surface area contributed by atoms with E-state index < -0.39 is 17.4 Å². The van der Waals surface area contributed by atoms with Crippen molar-refractivity contribution in [2.75, 3.05) is 5.32 Å². The number of hydrogen-bond donors (Lipinski definition) is 3. The highest BCUT2D eigenvalue weighted by molar-refractivity contribution is 6.31. The second kappa shape index (κ2) is 7.59. The molecule has 0 aliphatic rings. The van der Waals surface area contributed by atoms with Crippen LogP contribution in [-0.4, -0.2) is 27.0 Å². The van der Waals surface area contributed by atoms with Crippen molar-refractivity contribution in [1.29, 1.82) is 0 Å². The molecule has 0 bridgehead atoms. The van der Waals surface area contributed by atoms with Gasteiger partial charge in [0.2, 0.25) is 5.91 Å². The van der Waals surface area contributed by atoms with Gasteiger partial charge in [-0.25, -0.2) is 4.98 Å². The monoisotopic (exact) mass is 385 g/mol. The maximum absolute atomic E-state index is 12.6. The third-order valence-electron chi connectivity index (χ3n) is 3.92. The second-order valence-electron chi connectivity index (χ2n) is 6.07. The Labute approximate surface area is 159 Å². The Bertz CT molecular complexity index is 1110. The summed E-state index contributed by atoms with van der Waals surface area (Å²) in [6.45, 7) is 1.91. The van der Waals surface area contributed by atoms with E-state index in [4.69, 9.17) is 16.7 Å². The van der Waals surface area contributed by atoms with Gasteiger partial charge in [0.05, 0.1) is 23.1 Å². The van der Waals surface area contributed by atoms with Crippen molar-refractivity contribution >= 4 is 40.2 Å². The summed E-state index contributed by atoms with van der Waals surface area (Å²) >= 11 is 6.07. The van der Waals surface area contributed by atoms with E-state index in [2.05, 4.69) is 15.3 Å². The SMILES string of the molecule is Cc1ccc2nc(-c3cc(Cl)ccc3NC(=O)CCC(=O)O)c(=O)[nH]c2c1. The molecule has 3 aromatic rings. The molecule has 0 spiro atoms. The molecule has 1 amide bonds. The second-order valence-corrected chi connectivity index (χ2v) is 6.50. The first kappa shape index (κ1) is 18.6. The minimum atomic E-state index is -1.07. The zero-order chi connectivity index (χ0) is 19.6. The van der Waals surface area contributed by atoms with Crippen LogP contribution in [0.15, 0.2) is 41.2 Å². The molecule has 0 aliphatic carbocycles. The number of aliphatic carboxylic acids is 1. The standard InChI is InChI=1S/C19H16ClN3O4/c1-10-2-4-14-15(8-10)23-19(27)18(22-14)12-9-11(20)3-5-13(12)21-16(24)6-7-17(25)26/h2-5,8-9H,6-7H2,1H3,(H,21,24)(H,23,27)(H,25,26). The normalized spacial score (nSPS) is 10.7. The fraction of sp³-hybridized carbons (Fsp3) is 0.158. The molecule has 3 N–H and O–H groups in total. The first-order valence-corrected chi connectivity index (χ1v) is 8.53. The molecule has 1 heterocycles. The number of amides is 1. The van der Waals surface area contributed by atoms with Crippen LogP contribution < -0.4 is 10.9 Å². The Balaban J connectivity index is 2.04. The number of rotatable bonds is 5. The zero-order valence-corrected chi connectivity index (χ0v) is 15.1. The molecular weight excluding hydrogens is 370 g/mol. The Morgan fingerprint density at radius 2 is 1.96 bits per heavy atom. The molecule has 1 aromatic heterocycles. The van der Waals surface area contributed by atoms with Gasteiger partial charge in [0.25, 0.3) is 5.56 Å². The molecule has 0 aliphatic heterocycles. The highest BCUT2D eigenvalue weighted by Gasteiger charge is 2.15. The summed E-state index contributed by atoms with van der Waals surface area (Å²) in [6, 6.07) is 10.1. The number of benzene rings is 2. The number of carbonyl (C=O) groups is 2. The molecule has 3 rings (SSSR count). The van der Waals surface area contributed by atoms with Crippen LogP contribution in [0.25, 0.3) is 22.3 Å². The smallest absolute Gasteiger partial charge is 0.303 e. The average molecular weight is 386 g/mol. The number of carboxylic acid groups (broad SMARTS) is 1. The number of aromatic nitrogens is 2. The van der Waals surface area contributed by atoms with Crippen molar-refractivity contribution < 1.29 is 14.7 Å². The third-order valence-corrected chi connectivity index (χ3v) is 4.16. The summed E-state index contributed by atoms with van der Waals surface area (Å²) in [5.74, 6) is -1.54. The number of carboxylic acids is 1. The van der Waals surface area contributed by atoms with Gasteiger partial charge in [-0.3, -0.25) is 14.4 Å². The molecular formula is C19H16ClN3O4. The average Bonchev–Trinajstić information content (AvgIpc) is 2.61. The summed E-state index contributed by atoms with van der Waals surface area (Å²) in [4.78, 5) is 42.4. The van der Waals surface area contributed by atoms with Crippen LogP contribution in [0.2, 0.25) is 5.02 Å². The first-order valence-electron chi connectivity index (χ1n) is 8.16. The van der Waals surface area contributed by atoms with Gasteiger partial charge in [-0.15, -0.1) is 0 Å². The lowest BCUT2D eigenvalue weighted by Crippen LogP contribution is -2.16. The van der Waals surface area contributed by atoms with E-state index in [1.54, 1.807) is 18.2 Å². The van der Waals surface area contributed by atoms with Gasteiger partial charge < -0.3 is 15.4 Å². The number of halogens is 1. The fourth-order valence-corrected chi connectivity index (χ4v) is 2.81. The van der Waals surface area contributed by atoms with Gasteiger partial charge in [0.1, 0.15) is 5.69 Å². The van der Waals surface area contributed by atoms with Gasteiger partial charge in [-0.05, 0) is 42.8 Å². The largest absolute Gasteiger partial charge is 0.481 e. The Morgan fingerprint density at radius 3 is 2.70 bits per heavy atom. The number of aromatic amines is 1. The lowest BCUT2D eigenvalue weighted by atomic mass is 10.1. The number of aryl methyl sites for hydroxylation is 1. The van der Waals surface area contributed by atoms with Crippen molar-refractivity contribution in [3.05, 3.63) is 57.3 Å². The van der Waals surface area contributed by atoms with E-state index >= 15 is 0 Å². The maximum atomic E-state index is 12.6. The van der Waals surface area contributed by atoms with E-state index in [1.807, 2.05) is 19.1 Å². The highest BCUT2D eigenvalue weighted by Crippen LogP contribution is 2.29. The van der Waals surface area contributed by atoms with Crippen molar-refractivity contribution in [2.24, 2.45) is 0 Å². The Kier molecular flexibility index (Phi) is 5.23. The van der Waals surface area contributed by atoms with E-state index in [0.29, 0.717) is 27.3 Å². The number of carbonyl (C=O) groups excluding carboxylic acids is 1. The summed E-state index contributed by atoms with van der Waals surface area (Å²) in [7, 11) is 0. The maximum Gasteiger partial charge on any atom is 0.303 e. The number of H-pyrrole nitrogens is 1. The molecule has 0 saturated heterocycles. The quantitative estimate of drug-likeness (QED) is 0.623. The summed E-state index contributed by atoms with van der Waals surface area (Å²) < 4.78 is 0. The van der Waals surface area contributed by atoms with Crippen LogP contribution in [0, 0.1) is 6.92 Å². The summed E-state index contributed by atoms with van der Waals surface area (Å²) in [5, 5.41) is 11.7. The molecule has 27 heavy (non-hydrogen) atoms. The predicted molar refractivity (Wildman–Crippen MR) is 103 cm³/mol. The molecule has 0 unspecified atom stereocenters. The van der Waals surface area contributed by atoms with E-state index in [1.165, 1.54) is 6.07 Å². The van der Waals surface area contributed by atoms with E-state index in [0.717, 1.165) is 5.56 Å². The van der Waals surface area contributed by atoms with Crippen LogP contribution in [0.3, 0.4) is 0 Å². The van der Waals surface area contributed by atoms with Crippen LogP contribution >= 0.6 is 11.6 Å². The Hall–Kier alpha value is -3.19. The van der Waals surface area contributed by atoms with Crippen molar-refractivity contribution in [3.8, 4) is 11.3 Å². The van der Waals surface area contributed by atoms with Crippen molar-refractivity contribution in [2.45, 2.75) is 19.8 Å². The van der Waals surface area contributed by atoms with E-state index in [-0.39, 0.29) is 18.5 Å². The lowest BCUT2D eigenvalue weighted by Gasteiger charge is -2.11. The molecule has 0 fully saturated rings. The number of nitrogens with zero attached hydrogens (tertiary/aromatic N) is 1. The van der Waals surface area contributed by atoms with Gasteiger partial charge in [0.15, 0.2) is 0 Å². The van der Waals surface area contributed by atoms with Crippen LogP contribution in [0.1, 0.15) is 18.4 Å². The molecule has 2 aromatic carbocycles. The van der Waals surface area contributed by atoms with Gasteiger partial charge in [-0.2, -0.15) is 0 Å². The van der Waals surface area contributed by atoms with Crippen LogP contribution in [0.5, 0.6) is 0 Å². The third kappa shape index (κ3) is 4.32. The zero-order valence-electron chi connectivity index (χ0n) is 14.4. The number of anilines is 1. The molecule has 7 nitrogen and oxygen atoms in total. The van der Waals surface area contributed by atoms with Gasteiger partial charge >= 0.3 is 5.97 Å². The number of hydrogen-bond acceptors (Lipinski definition) is 4. The minimum Gasteiger partial charge on any atom is -0.481 e. The molecule has 0 saturated carbocycles. The predicted octanol–water partition coefficient (Wildman–Crippen LogP) is 3.36. The summed E-state index contributed by atoms with van der Waals surface area (Å²) in [6.07, 6.45) is -0.471. The first-order chi connectivity index (χ1) is 12.8. The lowest BCUT2D eigenvalue weighted by molar-refractivity contribution is -0.138. The minimum absolute atomic E-state index is 0.113. The number of fused-ring (bicyclic) bond motifs is 1. The van der Waals surface area contributed by atoms with Gasteiger partial charge in [-0.1, -0.05) is 17.7 Å². The molecule has 0 radical (unpaired) electrons. The van der Waals surface area contributed by atoms with E-state index in [9.17, 15) is 14.4 Å². The number of nitrogens with one attached hydrogen (secondary N) is 2. The molecule has 138 valence electrons. The van der Waals surface area contributed by atoms with Crippen LogP contribution in [0.4, 0.5) is 5.69 Å². The Morgan fingerprint density at radius 1 is 1.19 bits per heavy atom. The van der Waals surface area contributed by atoms with Crippen molar-refractivity contribution in [1.82, 2.24) is 9.97 Å². The van der Waals surface area contributed by atoms with Crippen molar-refractivity contribution in [3.63, 3.8) is 0 Å².